The van der Waals surface area contributed by atoms with Crippen LogP contribution in [0.3, 0.4) is 0 Å². The van der Waals surface area contributed by atoms with E-state index < -0.39 is 40.4 Å². The van der Waals surface area contributed by atoms with Gasteiger partial charge in [-0.2, -0.15) is 4.31 Å². The van der Waals surface area contributed by atoms with Crippen LogP contribution in [0.1, 0.15) is 58.6 Å². The van der Waals surface area contributed by atoms with Crippen molar-refractivity contribution in [3.05, 3.63) is 17.8 Å². The number of aryl methyl sites for hydroxylation is 1. The standard InChI is InChI=1S/C21H32F2N4O3S/c1-5-26(14(2)3)19-18(9-8-15(4)24-19)31(29,30)27-12-6-7-17(27)20(28)25-16-10-11-21(22,23)13-16/h8-9,14,16-17H,5-7,10-13H2,1-4H3,(H,25,28)/t16?,17-/m0/s1. The van der Waals surface area contributed by atoms with Crippen LogP contribution in [0.15, 0.2) is 17.0 Å². The highest BCUT2D eigenvalue weighted by Gasteiger charge is 2.44. The summed E-state index contributed by atoms with van der Waals surface area (Å²) in [7, 11) is -4.01. The summed E-state index contributed by atoms with van der Waals surface area (Å²) in [5.74, 6) is -2.90. The van der Waals surface area contributed by atoms with Gasteiger partial charge in [0.05, 0.1) is 0 Å². The molecule has 2 heterocycles. The quantitative estimate of drug-likeness (QED) is 0.679. The summed E-state index contributed by atoms with van der Waals surface area (Å²) in [5, 5.41) is 2.65. The SMILES string of the molecule is CCN(c1nc(C)ccc1S(=O)(=O)N1CCC[C@H]1C(=O)NC1CCC(F)(F)C1)C(C)C. The zero-order valence-corrected chi connectivity index (χ0v) is 19.4. The van der Waals surface area contributed by atoms with Gasteiger partial charge in [0, 0.05) is 43.7 Å². The van der Waals surface area contributed by atoms with Gasteiger partial charge in [0.2, 0.25) is 21.9 Å². The summed E-state index contributed by atoms with van der Waals surface area (Å²) >= 11 is 0. The Bertz CT molecular complexity index is 923. The van der Waals surface area contributed by atoms with Crippen LogP contribution in [0.4, 0.5) is 14.6 Å². The van der Waals surface area contributed by atoms with E-state index in [4.69, 9.17) is 0 Å². The summed E-state index contributed by atoms with van der Waals surface area (Å²) in [6, 6.07) is 1.71. The molecule has 0 bridgehead atoms. The molecule has 1 aliphatic carbocycles. The number of sulfonamides is 1. The van der Waals surface area contributed by atoms with E-state index in [-0.39, 0.29) is 30.3 Å². The maximum atomic E-state index is 13.6. The van der Waals surface area contributed by atoms with Gasteiger partial charge >= 0.3 is 0 Å². The zero-order valence-electron chi connectivity index (χ0n) is 18.6. The molecule has 1 unspecified atom stereocenters. The summed E-state index contributed by atoms with van der Waals surface area (Å²) in [6.07, 6.45) is 0.443. The van der Waals surface area contributed by atoms with E-state index in [0.717, 1.165) is 0 Å². The predicted octanol–water partition coefficient (Wildman–Crippen LogP) is 3.08. The van der Waals surface area contributed by atoms with Crippen molar-refractivity contribution in [3.63, 3.8) is 0 Å². The molecule has 10 heteroatoms. The fraction of sp³-hybridized carbons (Fsp3) is 0.714. The summed E-state index contributed by atoms with van der Waals surface area (Å²) in [6.45, 7) is 8.46. The van der Waals surface area contributed by atoms with Crippen molar-refractivity contribution in [2.45, 2.75) is 88.7 Å². The number of alkyl halides is 2. The molecule has 1 saturated heterocycles. The molecule has 2 fully saturated rings. The number of hydrogen-bond acceptors (Lipinski definition) is 5. The lowest BCUT2D eigenvalue weighted by Crippen LogP contribution is -2.48. The van der Waals surface area contributed by atoms with Crippen molar-refractivity contribution in [2.75, 3.05) is 18.0 Å². The van der Waals surface area contributed by atoms with Crippen molar-refractivity contribution in [3.8, 4) is 0 Å². The highest BCUT2D eigenvalue weighted by atomic mass is 32.2. The van der Waals surface area contributed by atoms with Gasteiger partial charge in [0.25, 0.3) is 0 Å². The third kappa shape index (κ3) is 5.00. The average molecular weight is 459 g/mol. The Morgan fingerprint density at radius 3 is 2.65 bits per heavy atom. The molecule has 31 heavy (non-hydrogen) atoms. The molecule has 2 atom stereocenters. The minimum Gasteiger partial charge on any atom is -0.353 e. The summed E-state index contributed by atoms with van der Waals surface area (Å²) < 4.78 is 55.4. The number of rotatable bonds is 7. The first-order valence-electron chi connectivity index (χ1n) is 10.9. The lowest BCUT2D eigenvalue weighted by Gasteiger charge is -2.30. The number of nitrogens with one attached hydrogen (secondary N) is 1. The fourth-order valence-electron chi connectivity index (χ4n) is 4.48. The number of pyridine rings is 1. The summed E-state index contributed by atoms with van der Waals surface area (Å²) in [5.41, 5.74) is 0.700. The number of nitrogens with zero attached hydrogens (tertiary/aromatic N) is 3. The highest BCUT2D eigenvalue weighted by Crippen LogP contribution is 2.36. The predicted molar refractivity (Wildman–Crippen MR) is 115 cm³/mol. The minimum absolute atomic E-state index is 0.0370. The van der Waals surface area contributed by atoms with E-state index in [1.807, 2.05) is 25.7 Å². The molecular weight excluding hydrogens is 426 g/mol. The molecule has 7 nitrogen and oxygen atoms in total. The van der Waals surface area contributed by atoms with Gasteiger partial charge in [-0.05, 0) is 59.1 Å². The zero-order chi connectivity index (χ0) is 23.0. The van der Waals surface area contributed by atoms with E-state index in [9.17, 15) is 22.0 Å². The Hall–Kier alpha value is -1.81. The highest BCUT2D eigenvalue weighted by molar-refractivity contribution is 7.89. The van der Waals surface area contributed by atoms with E-state index in [2.05, 4.69) is 10.3 Å². The molecule has 2 aliphatic rings. The summed E-state index contributed by atoms with van der Waals surface area (Å²) in [4.78, 5) is 19.3. The second kappa shape index (κ2) is 8.97. The molecule has 0 radical (unpaired) electrons. The van der Waals surface area contributed by atoms with E-state index >= 15 is 0 Å². The minimum atomic E-state index is -4.01. The second-order valence-corrected chi connectivity index (χ2v) is 10.6. The van der Waals surface area contributed by atoms with Crippen molar-refractivity contribution in [2.24, 2.45) is 0 Å². The third-order valence-electron chi connectivity index (χ3n) is 6.06. The van der Waals surface area contributed by atoms with Crippen molar-refractivity contribution < 1.29 is 22.0 Å². The van der Waals surface area contributed by atoms with Gasteiger partial charge in [-0.3, -0.25) is 4.79 Å². The number of carbonyl (C=O) groups excluding carboxylic acids is 1. The van der Waals surface area contributed by atoms with Gasteiger partial charge in [-0.15, -0.1) is 0 Å². The van der Waals surface area contributed by atoms with Crippen LogP contribution in [-0.4, -0.2) is 60.8 Å². The average Bonchev–Trinajstić information content (AvgIpc) is 3.29. The number of aromatic nitrogens is 1. The molecule has 1 aromatic rings. The maximum Gasteiger partial charge on any atom is 0.250 e. The third-order valence-corrected chi connectivity index (χ3v) is 7.99. The molecule has 1 aromatic heterocycles. The molecule has 1 aliphatic heterocycles. The number of carbonyl (C=O) groups is 1. The molecule has 1 amide bonds. The van der Waals surface area contributed by atoms with Crippen molar-refractivity contribution in [1.82, 2.24) is 14.6 Å². The van der Waals surface area contributed by atoms with Crippen molar-refractivity contribution >= 4 is 21.7 Å². The molecule has 1 N–H and O–H groups in total. The lowest BCUT2D eigenvalue weighted by atomic mass is 10.2. The van der Waals surface area contributed by atoms with Crippen LogP contribution in [0, 0.1) is 6.92 Å². The van der Waals surface area contributed by atoms with Crippen LogP contribution in [0.2, 0.25) is 0 Å². The van der Waals surface area contributed by atoms with E-state index in [1.54, 1.807) is 19.1 Å². The molecule has 3 rings (SSSR count). The van der Waals surface area contributed by atoms with Crippen molar-refractivity contribution in [1.29, 1.82) is 0 Å². The number of anilines is 1. The van der Waals surface area contributed by atoms with Crippen LogP contribution in [0.5, 0.6) is 0 Å². The van der Waals surface area contributed by atoms with Gasteiger partial charge in [-0.25, -0.2) is 22.2 Å². The van der Waals surface area contributed by atoms with Gasteiger partial charge in [0.15, 0.2) is 0 Å². The Morgan fingerprint density at radius 2 is 2.06 bits per heavy atom. The van der Waals surface area contributed by atoms with E-state index in [1.165, 1.54) is 4.31 Å². The molecule has 0 spiro atoms. The number of amides is 1. The maximum absolute atomic E-state index is 13.6. The Balaban J connectivity index is 1.88. The Labute approximate surface area is 183 Å². The Morgan fingerprint density at radius 1 is 1.35 bits per heavy atom. The molecule has 1 saturated carbocycles. The fourth-order valence-corrected chi connectivity index (χ4v) is 6.28. The largest absolute Gasteiger partial charge is 0.353 e. The van der Waals surface area contributed by atoms with E-state index in [0.29, 0.717) is 30.9 Å². The monoisotopic (exact) mass is 458 g/mol. The molecule has 174 valence electrons. The van der Waals surface area contributed by atoms with Gasteiger partial charge < -0.3 is 10.2 Å². The first-order chi connectivity index (χ1) is 14.5. The van der Waals surface area contributed by atoms with Crippen LogP contribution >= 0.6 is 0 Å². The first-order valence-corrected chi connectivity index (χ1v) is 12.3. The Kier molecular flexibility index (Phi) is 6.90. The van der Waals surface area contributed by atoms with Crippen LogP contribution in [-0.2, 0) is 14.8 Å². The van der Waals surface area contributed by atoms with Gasteiger partial charge in [-0.1, -0.05) is 0 Å². The van der Waals surface area contributed by atoms with Crippen LogP contribution in [0.25, 0.3) is 0 Å². The van der Waals surface area contributed by atoms with Gasteiger partial charge in [0.1, 0.15) is 16.8 Å². The number of hydrogen-bond donors (Lipinski definition) is 1. The smallest absolute Gasteiger partial charge is 0.250 e. The van der Waals surface area contributed by atoms with Crippen LogP contribution < -0.4 is 10.2 Å². The molecule has 0 aromatic carbocycles. The first kappa shape index (κ1) is 23.8. The lowest BCUT2D eigenvalue weighted by molar-refractivity contribution is -0.125. The molecular formula is C21H32F2N4O3S. The topological polar surface area (TPSA) is 82.6 Å². The second-order valence-electron chi connectivity index (χ2n) is 8.73. The number of halogens is 2. The normalized spacial score (nSPS) is 24.0.